The molecule has 1 aliphatic rings. The lowest BCUT2D eigenvalue weighted by atomic mass is 10.1. The van der Waals surface area contributed by atoms with Gasteiger partial charge in [0, 0.05) is 5.57 Å². The van der Waals surface area contributed by atoms with Gasteiger partial charge in [0.15, 0.2) is 6.61 Å². The van der Waals surface area contributed by atoms with Gasteiger partial charge in [0.25, 0.3) is 0 Å². The predicted molar refractivity (Wildman–Crippen MR) is 56.7 cm³/mol. The molecule has 4 heteroatoms. The van der Waals surface area contributed by atoms with Gasteiger partial charge in [-0.15, -0.1) is 0 Å². The first-order valence-corrected chi connectivity index (χ1v) is 4.75. The summed E-state index contributed by atoms with van der Waals surface area (Å²) in [4.78, 5) is 22.6. The zero-order valence-corrected chi connectivity index (χ0v) is 8.78. The maximum atomic E-state index is 11.4. The third-order valence-corrected chi connectivity index (χ3v) is 2.17. The van der Waals surface area contributed by atoms with Gasteiger partial charge in [-0.25, -0.2) is 4.79 Å². The van der Waals surface area contributed by atoms with E-state index in [0.717, 1.165) is 0 Å². The number of Topliss-reactive ketones (excluding diaryl/α,β-unsaturated/α-hetero) is 1. The van der Waals surface area contributed by atoms with E-state index in [2.05, 4.69) is 6.58 Å². The first-order valence-electron chi connectivity index (χ1n) is 4.75. The van der Waals surface area contributed by atoms with Crippen LogP contribution in [0.5, 0.6) is 11.5 Å². The summed E-state index contributed by atoms with van der Waals surface area (Å²) >= 11 is 0. The monoisotopic (exact) mass is 218 g/mol. The number of hydrogen-bond acceptors (Lipinski definition) is 4. The third-order valence-electron chi connectivity index (χ3n) is 2.17. The maximum absolute atomic E-state index is 11.4. The van der Waals surface area contributed by atoms with Gasteiger partial charge in [0.1, 0.15) is 11.5 Å². The van der Waals surface area contributed by atoms with Crippen molar-refractivity contribution >= 4 is 11.8 Å². The Balaban J connectivity index is 2.25. The SMILES string of the molecule is C=C(C)C(=O)Oc1ccc2c(c1)C(=O)CO2. The number of fused-ring (bicyclic) bond motifs is 1. The van der Waals surface area contributed by atoms with Crippen LogP contribution in [-0.2, 0) is 4.79 Å². The Hall–Kier alpha value is -2.10. The normalized spacial score (nSPS) is 12.9. The van der Waals surface area contributed by atoms with Crippen LogP contribution in [0.2, 0.25) is 0 Å². The van der Waals surface area contributed by atoms with Crippen molar-refractivity contribution < 1.29 is 19.1 Å². The van der Waals surface area contributed by atoms with E-state index < -0.39 is 5.97 Å². The molecule has 0 radical (unpaired) electrons. The third kappa shape index (κ3) is 1.82. The summed E-state index contributed by atoms with van der Waals surface area (Å²) in [6.07, 6.45) is 0. The van der Waals surface area contributed by atoms with E-state index >= 15 is 0 Å². The highest BCUT2D eigenvalue weighted by atomic mass is 16.5. The van der Waals surface area contributed by atoms with Crippen LogP contribution in [0, 0.1) is 0 Å². The van der Waals surface area contributed by atoms with Gasteiger partial charge in [0.05, 0.1) is 5.56 Å². The van der Waals surface area contributed by atoms with Crippen molar-refractivity contribution in [2.24, 2.45) is 0 Å². The molecule has 0 unspecified atom stereocenters. The molecule has 1 aliphatic heterocycles. The van der Waals surface area contributed by atoms with E-state index in [9.17, 15) is 9.59 Å². The Bertz CT molecular complexity index is 488. The van der Waals surface area contributed by atoms with Crippen molar-refractivity contribution in [3.05, 3.63) is 35.9 Å². The van der Waals surface area contributed by atoms with E-state index in [4.69, 9.17) is 9.47 Å². The molecule has 0 fully saturated rings. The Morgan fingerprint density at radius 3 is 2.94 bits per heavy atom. The van der Waals surface area contributed by atoms with Crippen LogP contribution in [0.15, 0.2) is 30.4 Å². The van der Waals surface area contributed by atoms with Gasteiger partial charge < -0.3 is 9.47 Å². The summed E-state index contributed by atoms with van der Waals surface area (Å²) in [7, 11) is 0. The van der Waals surface area contributed by atoms with Crippen molar-refractivity contribution in [1.82, 2.24) is 0 Å². The summed E-state index contributed by atoms with van der Waals surface area (Å²) in [6.45, 7) is 5.08. The molecule has 1 aromatic carbocycles. The average Bonchev–Trinajstić information content (AvgIpc) is 2.60. The number of ether oxygens (including phenoxy) is 2. The molecule has 1 heterocycles. The molecular formula is C12H10O4. The minimum atomic E-state index is -0.508. The smallest absolute Gasteiger partial charge is 0.338 e. The Morgan fingerprint density at radius 1 is 1.50 bits per heavy atom. The summed E-state index contributed by atoms with van der Waals surface area (Å²) in [5.74, 6) is 0.236. The number of benzene rings is 1. The molecule has 0 spiro atoms. The number of rotatable bonds is 2. The average molecular weight is 218 g/mol. The fourth-order valence-electron chi connectivity index (χ4n) is 1.33. The van der Waals surface area contributed by atoms with E-state index in [-0.39, 0.29) is 12.4 Å². The van der Waals surface area contributed by atoms with Crippen LogP contribution in [0.4, 0.5) is 0 Å². The minimum Gasteiger partial charge on any atom is -0.485 e. The van der Waals surface area contributed by atoms with Gasteiger partial charge in [-0.1, -0.05) is 6.58 Å². The quantitative estimate of drug-likeness (QED) is 0.431. The highest BCUT2D eigenvalue weighted by Crippen LogP contribution is 2.29. The maximum Gasteiger partial charge on any atom is 0.338 e. The van der Waals surface area contributed by atoms with Crippen LogP contribution < -0.4 is 9.47 Å². The molecular weight excluding hydrogens is 208 g/mol. The van der Waals surface area contributed by atoms with E-state index in [1.165, 1.54) is 6.07 Å². The first-order chi connectivity index (χ1) is 7.58. The van der Waals surface area contributed by atoms with Crippen LogP contribution in [0.1, 0.15) is 17.3 Å². The van der Waals surface area contributed by atoms with E-state index in [1.807, 2.05) is 0 Å². The van der Waals surface area contributed by atoms with E-state index in [1.54, 1.807) is 19.1 Å². The summed E-state index contributed by atoms with van der Waals surface area (Å²) in [6, 6.07) is 4.70. The fourth-order valence-corrected chi connectivity index (χ4v) is 1.33. The van der Waals surface area contributed by atoms with Gasteiger partial charge >= 0.3 is 5.97 Å². The number of esters is 1. The second kappa shape index (κ2) is 3.81. The van der Waals surface area contributed by atoms with Crippen LogP contribution in [-0.4, -0.2) is 18.4 Å². The summed E-state index contributed by atoms with van der Waals surface area (Å²) < 4.78 is 10.1. The van der Waals surface area contributed by atoms with Crippen molar-refractivity contribution in [2.75, 3.05) is 6.61 Å². The lowest BCUT2D eigenvalue weighted by Gasteiger charge is -2.04. The number of hydrogen-bond donors (Lipinski definition) is 0. The minimum absolute atomic E-state index is 0.0488. The highest BCUT2D eigenvalue weighted by Gasteiger charge is 2.21. The Morgan fingerprint density at radius 2 is 2.25 bits per heavy atom. The van der Waals surface area contributed by atoms with Crippen molar-refractivity contribution in [2.45, 2.75) is 6.92 Å². The number of ketones is 1. The number of carbonyl (C=O) groups excluding carboxylic acids is 2. The van der Waals surface area contributed by atoms with Gasteiger partial charge in [0.2, 0.25) is 5.78 Å². The summed E-state index contributed by atoms with van der Waals surface area (Å²) in [5.41, 5.74) is 0.759. The molecule has 0 amide bonds. The molecule has 0 aliphatic carbocycles. The van der Waals surface area contributed by atoms with Gasteiger partial charge in [-0.3, -0.25) is 4.79 Å². The Labute approximate surface area is 92.5 Å². The molecule has 0 aromatic heterocycles. The second-order valence-electron chi connectivity index (χ2n) is 3.54. The van der Waals surface area contributed by atoms with E-state index in [0.29, 0.717) is 22.6 Å². The molecule has 16 heavy (non-hydrogen) atoms. The van der Waals surface area contributed by atoms with Crippen LogP contribution in [0.25, 0.3) is 0 Å². The van der Waals surface area contributed by atoms with Gasteiger partial charge in [-0.2, -0.15) is 0 Å². The van der Waals surface area contributed by atoms with Crippen molar-refractivity contribution in [3.8, 4) is 11.5 Å². The molecule has 2 rings (SSSR count). The zero-order valence-electron chi connectivity index (χ0n) is 8.78. The highest BCUT2D eigenvalue weighted by molar-refractivity contribution is 6.02. The largest absolute Gasteiger partial charge is 0.485 e. The standard InChI is InChI=1S/C12H10O4/c1-7(2)12(14)16-8-3-4-11-9(5-8)10(13)6-15-11/h3-5H,1,6H2,2H3. The predicted octanol–water partition coefficient (Wildman–Crippen LogP) is 1.74. The molecule has 0 saturated heterocycles. The fraction of sp³-hybridized carbons (Fsp3) is 0.167. The number of carbonyl (C=O) groups is 2. The molecule has 0 bridgehead atoms. The molecule has 4 nitrogen and oxygen atoms in total. The lowest BCUT2D eigenvalue weighted by Crippen LogP contribution is -2.08. The molecule has 82 valence electrons. The van der Waals surface area contributed by atoms with Crippen LogP contribution >= 0.6 is 0 Å². The first kappa shape index (κ1) is 10.4. The van der Waals surface area contributed by atoms with Gasteiger partial charge in [-0.05, 0) is 25.1 Å². The van der Waals surface area contributed by atoms with Crippen molar-refractivity contribution in [1.29, 1.82) is 0 Å². The molecule has 0 N–H and O–H groups in total. The topological polar surface area (TPSA) is 52.6 Å². The Kier molecular flexibility index (Phi) is 2.48. The molecule has 0 atom stereocenters. The van der Waals surface area contributed by atoms with Crippen LogP contribution in [0.3, 0.4) is 0 Å². The zero-order chi connectivity index (χ0) is 11.7. The summed E-state index contributed by atoms with van der Waals surface area (Å²) in [5, 5.41) is 0. The molecule has 0 saturated carbocycles. The molecule has 1 aromatic rings. The van der Waals surface area contributed by atoms with Crippen molar-refractivity contribution in [3.63, 3.8) is 0 Å². The second-order valence-corrected chi connectivity index (χ2v) is 3.54. The lowest BCUT2D eigenvalue weighted by molar-refractivity contribution is -0.130.